The quantitative estimate of drug-likeness (QED) is 0.580. The van der Waals surface area contributed by atoms with Gasteiger partial charge in [-0.25, -0.2) is 9.78 Å². The second-order valence-electron chi connectivity index (χ2n) is 8.46. The monoisotopic (exact) mass is 489 g/mol. The largest absolute Gasteiger partial charge is 0.496 e. The fourth-order valence-electron chi connectivity index (χ4n) is 4.10. The average molecular weight is 490 g/mol. The second-order valence-corrected chi connectivity index (χ2v) is 9.32. The summed E-state index contributed by atoms with van der Waals surface area (Å²) < 4.78 is 16.7. The van der Waals surface area contributed by atoms with Gasteiger partial charge in [-0.15, -0.1) is 11.3 Å². The normalized spacial score (nSPS) is 17.5. The second kappa shape index (κ2) is 12.3. The molecule has 9 nitrogen and oxygen atoms in total. The first kappa shape index (κ1) is 24.7. The van der Waals surface area contributed by atoms with Crippen molar-refractivity contribution in [1.82, 2.24) is 19.7 Å². The average Bonchev–Trinajstić information content (AvgIpc) is 3.35. The molecule has 1 aromatic heterocycles. The number of carbonyl (C=O) groups is 1. The zero-order valence-electron chi connectivity index (χ0n) is 20.1. The predicted octanol–water partition coefficient (Wildman–Crippen LogP) is 3.09. The summed E-state index contributed by atoms with van der Waals surface area (Å²) in [5.74, 6) is 1.50. The zero-order valence-corrected chi connectivity index (χ0v) is 20.9. The maximum Gasteiger partial charge on any atom is 0.323 e. The van der Waals surface area contributed by atoms with Crippen LogP contribution in [0, 0.1) is 0 Å². The SMILES string of the molecule is CCCOc1ccc(OC)c(-c2csc(NC(=O)N3CCN(CCN4CCOCC4)CC3)n2)c1. The number of hydrogen-bond acceptors (Lipinski definition) is 8. The molecule has 3 heterocycles. The van der Waals surface area contributed by atoms with E-state index in [2.05, 4.69) is 27.0 Å². The van der Waals surface area contributed by atoms with E-state index in [4.69, 9.17) is 14.2 Å². The minimum atomic E-state index is -0.0966. The summed E-state index contributed by atoms with van der Waals surface area (Å²) in [7, 11) is 1.64. The van der Waals surface area contributed by atoms with Gasteiger partial charge in [-0.1, -0.05) is 6.92 Å². The molecule has 0 aliphatic carbocycles. The Hall–Kier alpha value is -2.40. The number of piperazine rings is 1. The van der Waals surface area contributed by atoms with E-state index >= 15 is 0 Å². The smallest absolute Gasteiger partial charge is 0.323 e. The van der Waals surface area contributed by atoms with Crippen LogP contribution in [0.25, 0.3) is 11.3 Å². The van der Waals surface area contributed by atoms with Gasteiger partial charge in [0.1, 0.15) is 11.5 Å². The Labute approximate surface area is 205 Å². The lowest BCUT2D eigenvalue weighted by atomic mass is 10.1. The van der Waals surface area contributed by atoms with E-state index in [-0.39, 0.29) is 6.03 Å². The van der Waals surface area contributed by atoms with E-state index < -0.39 is 0 Å². The minimum Gasteiger partial charge on any atom is -0.496 e. The molecule has 0 spiro atoms. The number of methoxy groups -OCH3 is 1. The van der Waals surface area contributed by atoms with Gasteiger partial charge in [0, 0.05) is 63.3 Å². The molecular weight excluding hydrogens is 454 g/mol. The van der Waals surface area contributed by atoms with Crippen LogP contribution in [0.15, 0.2) is 23.6 Å². The Morgan fingerprint density at radius 3 is 2.56 bits per heavy atom. The van der Waals surface area contributed by atoms with Crippen molar-refractivity contribution in [3.63, 3.8) is 0 Å². The molecule has 0 radical (unpaired) electrons. The van der Waals surface area contributed by atoms with Crippen LogP contribution < -0.4 is 14.8 Å². The van der Waals surface area contributed by atoms with Gasteiger partial charge in [-0.2, -0.15) is 0 Å². The molecule has 2 aliphatic rings. The lowest BCUT2D eigenvalue weighted by molar-refractivity contribution is 0.0311. The molecule has 2 aromatic rings. The van der Waals surface area contributed by atoms with Crippen molar-refractivity contribution in [2.24, 2.45) is 0 Å². The number of benzene rings is 1. The number of amides is 2. The van der Waals surface area contributed by atoms with E-state index in [1.54, 1.807) is 7.11 Å². The number of hydrogen-bond donors (Lipinski definition) is 1. The van der Waals surface area contributed by atoms with Gasteiger partial charge in [0.2, 0.25) is 0 Å². The lowest BCUT2D eigenvalue weighted by Gasteiger charge is -2.36. The maximum atomic E-state index is 12.8. The van der Waals surface area contributed by atoms with Crippen molar-refractivity contribution in [2.45, 2.75) is 13.3 Å². The van der Waals surface area contributed by atoms with Gasteiger partial charge in [-0.3, -0.25) is 15.1 Å². The number of nitrogens with one attached hydrogen (secondary N) is 1. The van der Waals surface area contributed by atoms with E-state index in [0.29, 0.717) is 11.7 Å². The highest BCUT2D eigenvalue weighted by Gasteiger charge is 2.23. The van der Waals surface area contributed by atoms with Gasteiger partial charge >= 0.3 is 6.03 Å². The molecule has 1 aromatic carbocycles. The van der Waals surface area contributed by atoms with Gasteiger partial charge in [0.25, 0.3) is 0 Å². The highest BCUT2D eigenvalue weighted by molar-refractivity contribution is 7.14. The Balaban J connectivity index is 1.28. The summed E-state index contributed by atoms with van der Waals surface area (Å²) in [6, 6.07) is 5.62. The third-order valence-electron chi connectivity index (χ3n) is 6.13. The number of aromatic nitrogens is 1. The summed E-state index contributed by atoms with van der Waals surface area (Å²) in [4.78, 5) is 24.2. The molecule has 186 valence electrons. The summed E-state index contributed by atoms with van der Waals surface area (Å²) in [5, 5.41) is 5.48. The minimum absolute atomic E-state index is 0.0966. The number of carbonyl (C=O) groups excluding carboxylic acids is 1. The molecule has 0 bridgehead atoms. The first-order chi connectivity index (χ1) is 16.7. The Morgan fingerprint density at radius 2 is 1.85 bits per heavy atom. The third kappa shape index (κ3) is 6.59. The van der Waals surface area contributed by atoms with Crippen molar-refractivity contribution in [2.75, 3.05) is 84.6 Å². The van der Waals surface area contributed by atoms with E-state index in [1.807, 2.05) is 28.5 Å². The number of nitrogens with zero attached hydrogens (tertiary/aromatic N) is 4. The highest BCUT2D eigenvalue weighted by Crippen LogP contribution is 2.35. The van der Waals surface area contributed by atoms with Crippen LogP contribution in [0.5, 0.6) is 11.5 Å². The van der Waals surface area contributed by atoms with Crippen molar-refractivity contribution in [3.05, 3.63) is 23.6 Å². The number of ether oxygens (including phenoxy) is 3. The summed E-state index contributed by atoms with van der Waals surface area (Å²) in [5.41, 5.74) is 1.61. The summed E-state index contributed by atoms with van der Waals surface area (Å²) in [6.45, 7) is 11.7. The van der Waals surface area contributed by atoms with Crippen LogP contribution in [0.2, 0.25) is 0 Å². The maximum absolute atomic E-state index is 12.8. The summed E-state index contributed by atoms with van der Waals surface area (Å²) >= 11 is 1.41. The molecule has 1 N–H and O–H groups in total. The first-order valence-electron chi connectivity index (χ1n) is 12.0. The first-order valence-corrected chi connectivity index (χ1v) is 12.9. The molecule has 2 amide bonds. The van der Waals surface area contributed by atoms with Crippen molar-refractivity contribution >= 4 is 22.5 Å². The third-order valence-corrected chi connectivity index (χ3v) is 6.89. The number of urea groups is 1. The van der Waals surface area contributed by atoms with Crippen molar-refractivity contribution in [3.8, 4) is 22.8 Å². The Bertz CT molecular complexity index is 926. The number of thiazole rings is 1. The van der Waals surface area contributed by atoms with Crippen LogP contribution in [0.4, 0.5) is 9.93 Å². The van der Waals surface area contributed by atoms with Gasteiger partial charge < -0.3 is 19.1 Å². The van der Waals surface area contributed by atoms with Crippen LogP contribution in [-0.4, -0.2) is 105 Å². The Morgan fingerprint density at radius 1 is 1.12 bits per heavy atom. The molecular formula is C24H35N5O4S. The molecule has 0 atom stereocenters. The lowest BCUT2D eigenvalue weighted by Crippen LogP contribution is -2.51. The van der Waals surface area contributed by atoms with E-state index in [1.165, 1.54) is 11.3 Å². The molecule has 4 rings (SSSR count). The van der Waals surface area contributed by atoms with Crippen LogP contribution >= 0.6 is 11.3 Å². The zero-order chi connectivity index (χ0) is 23.8. The van der Waals surface area contributed by atoms with Gasteiger partial charge in [0.05, 0.1) is 32.6 Å². The number of rotatable bonds is 9. The molecule has 0 saturated carbocycles. The van der Waals surface area contributed by atoms with E-state index in [0.717, 1.165) is 94.7 Å². The molecule has 34 heavy (non-hydrogen) atoms. The molecule has 10 heteroatoms. The molecule has 0 unspecified atom stereocenters. The van der Waals surface area contributed by atoms with Crippen LogP contribution in [0.3, 0.4) is 0 Å². The number of morpholine rings is 1. The fraction of sp³-hybridized carbons (Fsp3) is 0.583. The van der Waals surface area contributed by atoms with Crippen molar-refractivity contribution in [1.29, 1.82) is 0 Å². The molecule has 2 fully saturated rings. The topological polar surface area (TPSA) is 79.4 Å². The molecule has 2 saturated heterocycles. The van der Waals surface area contributed by atoms with Gasteiger partial charge in [-0.05, 0) is 24.6 Å². The van der Waals surface area contributed by atoms with Crippen LogP contribution in [-0.2, 0) is 4.74 Å². The van der Waals surface area contributed by atoms with Crippen LogP contribution in [0.1, 0.15) is 13.3 Å². The van der Waals surface area contributed by atoms with Crippen molar-refractivity contribution < 1.29 is 19.0 Å². The highest BCUT2D eigenvalue weighted by atomic mass is 32.1. The standard InChI is InChI=1S/C24H35N5O4S/c1-3-14-33-19-4-5-22(31-2)20(17-19)21-18-34-23(25-21)26-24(30)29-10-8-27(9-11-29)6-7-28-12-15-32-16-13-28/h4-5,17-18H,3,6-16H2,1-2H3,(H,25,26,30). The molecule has 2 aliphatic heterocycles. The number of anilines is 1. The Kier molecular flexibility index (Phi) is 8.97. The van der Waals surface area contributed by atoms with E-state index in [9.17, 15) is 4.79 Å². The predicted molar refractivity (Wildman–Crippen MR) is 134 cm³/mol. The van der Waals surface area contributed by atoms with Gasteiger partial charge in [0.15, 0.2) is 5.13 Å². The fourth-order valence-corrected chi connectivity index (χ4v) is 4.80. The summed E-state index contributed by atoms with van der Waals surface area (Å²) in [6.07, 6.45) is 0.941.